The van der Waals surface area contributed by atoms with Crippen LogP contribution in [0.5, 0.6) is 0 Å². The first kappa shape index (κ1) is 23.1. The number of hydrogen-bond donors (Lipinski definition) is 2. The first-order chi connectivity index (χ1) is 15.8. The maximum absolute atomic E-state index is 12.8. The van der Waals surface area contributed by atoms with E-state index in [4.69, 9.17) is 16.3 Å². The van der Waals surface area contributed by atoms with Gasteiger partial charge in [0.25, 0.3) is 5.91 Å². The minimum absolute atomic E-state index is 0.142. The number of aryl methyl sites for hydroxylation is 1. The van der Waals surface area contributed by atoms with Crippen LogP contribution in [0.25, 0.3) is 0 Å². The van der Waals surface area contributed by atoms with Crippen LogP contribution >= 0.6 is 11.6 Å². The third-order valence-electron chi connectivity index (χ3n) is 6.36. The lowest BCUT2D eigenvalue weighted by Gasteiger charge is -2.35. The van der Waals surface area contributed by atoms with Gasteiger partial charge in [-0.1, -0.05) is 17.7 Å². The molecule has 0 spiro atoms. The van der Waals surface area contributed by atoms with Gasteiger partial charge in [-0.3, -0.25) is 9.59 Å². The summed E-state index contributed by atoms with van der Waals surface area (Å²) < 4.78 is 6.59. The van der Waals surface area contributed by atoms with E-state index in [1.165, 1.54) is 7.11 Å². The van der Waals surface area contributed by atoms with Crippen LogP contribution in [-0.4, -0.2) is 59.6 Å². The van der Waals surface area contributed by atoms with E-state index in [0.29, 0.717) is 41.6 Å². The molecule has 176 valence electrons. The van der Waals surface area contributed by atoms with Gasteiger partial charge in [0.2, 0.25) is 5.91 Å². The number of piperidine rings is 1. The van der Waals surface area contributed by atoms with Gasteiger partial charge in [-0.2, -0.15) is 0 Å². The summed E-state index contributed by atoms with van der Waals surface area (Å²) in [6, 6.07) is 5.38. The fourth-order valence-corrected chi connectivity index (χ4v) is 4.46. The summed E-state index contributed by atoms with van der Waals surface area (Å²) in [5, 5.41) is 6.25. The molecule has 1 aromatic carbocycles. The van der Waals surface area contributed by atoms with E-state index in [-0.39, 0.29) is 11.8 Å². The molecular weight excluding hydrogens is 446 g/mol. The second-order valence-electron chi connectivity index (χ2n) is 8.73. The average Bonchev–Trinajstić information content (AvgIpc) is 3.47. The van der Waals surface area contributed by atoms with Crippen molar-refractivity contribution in [3.63, 3.8) is 0 Å². The average molecular weight is 474 g/mol. The Morgan fingerprint density at radius 1 is 1.24 bits per heavy atom. The predicted octanol–water partition coefficient (Wildman–Crippen LogP) is 2.16. The number of esters is 1. The number of nitrogens with zero attached hydrogens (tertiary/aromatic N) is 3. The Labute approximate surface area is 197 Å². The smallest absolute Gasteiger partial charge is 0.341 e. The van der Waals surface area contributed by atoms with E-state index < -0.39 is 11.5 Å². The number of imidazole rings is 1. The van der Waals surface area contributed by atoms with Gasteiger partial charge in [-0.05, 0) is 43.7 Å². The molecule has 2 aromatic rings. The molecular formula is C23H28ClN5O4. The molecule has 1 aliphatic carbocycles. The monoisotopic (exact) mass is 473 g/mol. The van der Waals surface area contributed by atoms with E-state index in [1.807, 2.05) is 12.1 Å². The Morgan fingerprint density at radius 2 is 1.97 bits per heavy atom. The Balaban J connectivity index is 1.29. The summed E-state index contributed by atoms with van der Waals surface area (Å²) in [5.41, 5.74) is 0.626. The number of ether oxygens (including phenoxy) is 1. The molecule has 33 heavy (non-hydrogen) atoms. The molecule has 9 nitrogen and oxygen atoms in total. The van der Waals surface area contributed by atoms with Crippen LogP contribution in [0.1, 0.15) is 46.5 Å². The van der Waals surface area contributed by atoms with Crippen LogP contribution in [-0.2, 0) is 16.6 Å². The number of methoxy groups -OCH3 is 1. The molecule has 2 heterocycles. The van der Waals surface area contributed by atoms with E-state index in [9.17, 15) is 14.4 Å². The molecule has 1 aliphatic heterocycles. The standard InChI is InChI=1S/C23H28ClN5O4/c1-28-13-17(26-14-28)20(30)27-23(8-9-23)22(32)25-12-15-6-10-29(11-7-15)18-5-3-4-16(24)19(18)21(31)33-2/h3-5,13-15H,6-12H2,1-2H3,(H,25,32)(H,27,30). The molecule has 0 unspecified atom stereocenters. The Kier molecular flexibility index (Phi) is 6.60. The number of hydrogen-bond acceptors (Lipinski definition) is 6. The molecule has 4 rings (SSSR count). The molecule has 1 saturated heterocycles. The minimum Gasteiger partial charge on any atom is -0.465 e. The molecule has 2 aliphatic rings. The normalized spacial score (nSPS) is 17.4. The highest BCUT2D eigenvalue weighted by atomic mass is 35.5. The number of carbonyl (C=O) groups is 3. The van der Waals surface area contributed by atoms with Crippen LogP contribution in [0.15, 0.2) is 30.7 Å². The van der Waals surface area contributed by atoms with Crippen LogP contribution in [0, 0.1) is 5.92 Å². The van der Waals surface area contributed by atoms with Crippen LogP contribution in [0.4, 0.5) is 5.69 Å². The second kappa shape index (κ2) is 9.43. The first-order valence-electron chi connectivity index (χ1n) is 11.0. The molecule has 0 radical (unpaired) electrons. The van der Waals surface area contributed by atoms with Crippen molar-refractivity contribution in [3.05, 3.63) is 47.0 Å². The van der Waals surface area contributed by atoms with Crippen molar-refractivity contribution in [3.8, 4) is 0 Å². The molecule has 2 fully saturated rings. The van der Waals surface area contributed by atoms with Crippen molar-refractivity contribution in [1.29, 1.82) is 0 Å². The number of carbonyl (C=O) groups excluding carboxylic acids is 3. The lowest BCUT2D eigenvalue weighted by molar-refractivity contribution is -0.124. The second-order valence-corrected chi connectivity index (χ2v) is 9.13. The van der Waals surface area contributed by atoms with Gasteiger partial charge in [0, 0.05) is 32.9 Å². The first-order valence-corrected chi connectivity index (χ1v) is 11.4. The zero-order chi connectivity index (χ0) is 23.6. The Morgan fingerprint density at radius 3 is 2.58 bits per heavy atom. The van der Waals surface area contributed by atoms with Gasteiger partial charge in [0.05, 0.1) is 24.1 Å². The maximum Gasteiger partial charge on any atom is 0.341 e. The number of aromatic nitrogens is 2. The van der Waals surface area contributed by atoms with E-state index in [0.717, 1.165) is 31.6 Å². The highest BCUT2D eigenvalue weighted by molar-refractivity contribution is 6.34. The number of anilines is 1. The third kappa shape index (κ3) is 4.98. The zero-order valence-corrected chi connectivity index (χ0v) is 19.5. The van der Waals surface area contributed by atoms with Crippen molar-refractivity contribution in [1.82, 2.24) is 20.2 Å². The summed E-state index contributed by atoms with van der Waals surface area (Å²) in [6.45, 7) is 2.03. The van der Waals surface area contributed by atoms with Crippen molar-refractivity contribution in [2.45, 2.75) is 31.2 Å². The fourth-order valence-electron chi connectivity index (χ4n) is 4.21. The van der Waals surface area contributed by atoms with E-state index >= 15 is 0 Å². The Hall–Kier alpha value is -3.07. The summed E-state index contributed by atoms with van der Waals surface area (Å²) in [7, 11) is 3.13. The molecule has 1 aromatic heterocycles. The molecule has 2 N–H and O–H groups in total. The summed E-state index contributed by atoms with van der Waals surface area (Å²) in [6.07, 6.45) is 6.16. The number of nitrogens with one attached hydrogen (secondary N) is 2. The predicted molar refractivity (Wildman–Crippen MR) is 123 cm³/mol. The van der Waals surface area contributed by atoms with Gasteiger partial charge >= 0.3 is 5.97 Å². The topological polar surface area (TPSA) is 106 Å². The number of benzene rings is 1. The summed E-state index contributed by atoms with van der Waals surface area (Å²) in [5.74, 6) is -0.614. The molecule has 0 bridgehead atoms. The van der Waals surface area contributed by atoms with E-state index in [2.05, 4.69) is 20.5 Å². The highest BCUT2D eigenvalue weighted by Crippen LogP contribution is 2.36. The highest BCUT2D eigenvalue weighted by Gasteiger charge is 2.51. The quantitative estimate of drug-likeness (QED) is 0.597. The summed E-state index contributed by atoms with van der Waals surface area (Å²) in [4.78, 5) is 43.6. The van der Waals surface area contributed by atoms with Gasteiger partial charge in [0.1, 0.15) is 16.8 Å². The molecule has 10 heteroatoms. The van der Waals surface area contributed by atoms with Gasteiger partial charge in [-0.25, -0.2) is 9.78 Å². The van der Waals surface area contributed by atoms with Crippen LogP contribution in [0.3, 0.4) is 0 Å². The van der Waals surface area contributed by atoms with Crippen molar-refractivity contribution in [2.75, 3.05) is 31.6 Å². The fraction of sp³-hybridized carbons (Fsp3) is 0.478. The molecule has 0 atom stereocenters. The zero-order valence-electron chi connectivity index (χ0n) is 18.8. The van der Waals surface area contributed by atoms with Gasteiger partial charge in [0.15, 0.2) is 0 Å². The maximum atomic E-state index is 12.8. The lowest BCUT2D eigenvalue weighted by atomic mass is 9.95. The largest absolute Gasteiger partial charge is 0.465 e. The van der Waals surface area contributed by atoms with Crippen LogP contribution in [0.2, 0.25) is 5.02 Å². The minimum atomic E-state index is -0.828. The third-order valence-corrected chi connectivity index (χ3v) is 6.68. The SMILES string of the molecule is COC(=O)c1c(Cl)cccc1N1CCC(CNC(=O)C2(NC(=O)c3cn(C)cn3)CC2)CC1. The Bertz CT molecular complexity index is 1060. The van der Waals surface area contributed by atoms with Gasteiger partial charge in [-0.15, -0.1) is 0 Å². The molecule has 1 saturated carbocycles. The lowest BCUT2D eigenvalue weighted by Crippen LogP contribution is -2.50. The number of halogens is 1. The van der Waals surface area contributed by atoms with Gasteiger partial charge < -0.3 is 24.8 Å². The van der Waals surface area contributed by atoms with Crippen molar-refractivity contribution >= 4 is 35.1 Å². The van der Waals surface area contributed by atoms with Crippen molar-refractivity contribution in [2.24, 2.45) is 13.0 Å². The van der Waals surface area contributed by atoms with E-state index in [1.54, 1.807) is 30.2 Å². The summed E-state index contributed by atoms with van der Waals surface area (Å²) >= 11 is 6.25. The van der Waals surface area contributed by atoms with Crippen LogP contribution < -0.4 is 15.5 Å². The molecule has 2 amide bonds. The number of rotatable bonds is 7. The van der Waals surface area contributed by atoms with Crippen molar-refractivity contribution < 1.29 is 19.1 Å². The number of amides is 2.